The first-order valence-electron chi connectivity index (χ1n) is 11.5. The molecule has 1 aromatic carbocycles. The minimum absolute atomic E-state index is 0.132. The summed E-state index contributed by atoms with van der Waals surface area (Å²) in [5.41, 5.74) is 8.25. The number of hydrogen-bond donors (Lipinski definition) is 1. The highest BCUT2D eigenvalue weighted by Gasteiger charge is 2.27. The van der Waals surface area contributed by atoms with Gasteiger partial charge >= 0.3 is 0 Å². The quantitative estimate of drug-likeness (QED) is 0.348. The predicted octanol–water partition coefficient (Wildman–Crippen LogP) is 8.37. The summed E-state index contributed by atoms with van der Waals surface area (Å²) in [5.74, 6) is 0.482. The summed E-state index contributed by atoms with van der Waals surface area (Å²) in [7, 11) is 0. The van der Waals surface area contributed by atoms with Gasteiger partial charge in [-0.15, -0.1) is 6.58 Å². The van der Waals surface area contributed by atoms with E-state index in [4.69, 9.17) is 0 Å². The third-order valence-corrected chi connectivity index (χ3v) is 7.05. The molecule has 0 spiro atoms. The van der Waals surface area contributed by atoms with Crippen molar-refractivity contribution in [3.8, 4) is 0 Å². The Bertz CT molecular complexity index is 900. The van der Waals surface area contributed by atoms with Gasteiger partial charge in [0.05, 0.1) is 6.04 Å². The molecule has 2 unspecified atom stereocenters. The minimum atomic E-state index is 0.132. The smallest absolute Gasteiger partial charge is 0.0506 e. The first-order chi connectivity index (χ1) is 14.7. The van der Waals surface area contributed by atoms with Gasteiger partial charge in [0.1, 0.15) is 0 Å². The minimum Gasteiger partial charge on any atom is -0.303 e. The van der Waals surface area contributed by atoms with E-state index in [0.29, 0.717) is 5.92 Å². The number of allylic oxidation sites excluding steroid dienone is 8. The van der Waals surface area contributed by atoms with E-state index in [1.807, 2.05) is 13.0 Å². The third-order valence-electron chi connectivity index (χ3n) is 7.05. The van der Waals surface area contributed by atoms with Gasteiger partial charge in [-0.3, -0.25) is 0 Å². The molecule has 0 saturated heterocycles. The molecule has 1 aliphatic carbocycles. The topological polar surface area (TPSA) is 12.0 Å². The van der Waals surface area contributed by atoms with Crippen molar-refractivity contribution in [3.05, 3.63) is 101 Å². The van der Waals surface area contributed by atoms with Crippen LogP contribution in [-0.4, -0.2) is 6.54 Å². The fraction of sp³-hybridized carbons (Fsp3) is 0.400. The lowest BCUT2D eigenvalue weighted by atomic mass is 9.72. The van der Waals surface area contributed by atoms with Crippen molar-refractivity contribution in [1.29, 1.82) is 0 Å². The summed E-state index contributed by atoms with van der Waals surface area (Å²) in [4.78, 5) is 0. The molecule has 2 atom stereocenters. The molecule has 0 fully saturated rings. The third kappa shape index (κ3) is 6.31. The van der Waals surface area contributed by atoms with Crippen molar-refractivity contribution in [2.75, 3.05) is 6.54 Å². The molecule has 2 rings (SSSR count). The standard InChI is InChI=1S/C30H41N/c1-9-12-25(10-2)21-31-29(11-3)28-19-17-27(18-20-28)26-15-13-22(4)24(6)30(7,8)23(5)14-16-26/h9-12,14-20,23,29,31H,3,13,21H2,1-2,4-8H3/b12-9-,16-14?,24-22-,25-10+,26-15?. The van der Waals surface area contributed by atoms with Crippen molar-refractivity contribution >= 4 is 5.57 Å². The summed E-state index contributed by atoms with van der Waals surface area (Å²) in [6.45, 7) is 20.6. The first-order valence-corrected chi connectivity index (χ1v) is 11.5. The Kier molecular flexibility index (Phi) is 9.07. The number of nitrogens with one attached hydrogen (secondary N) is 1. The molecule has 0 amide bonds. The highest BCUT2D eigenvalue weighted by molar-refractivity contribution is 5.74. The summed E-state index contributed by atoms with van der Waals surface area (Å²) in [6.07, 6.45) is 16.4. The zero-order valence-corrected chi connectivity index (χ0v) is 20.6. The molecule has 1 heteroatoms. The maximum absolute atomic E-state index is 4.04. The van der Waals surface area contributed by atoms with Gasteiger partial charge in [0, 0.05) is 6.54 Å². The molecular formula is C30H41N. The second-order valence-corrected chi connectivity index (χ2v) is 9.22. The lowest BCUT2D eigenvalue weighted by molar-refractivity contribution is 0.339. The van der Waals surface area contributed by atoms with Crippen LogP contribution in [0.3, 0.4) is 0 Å². The van der Waals surface area contributed by atoms with E-state index in [9.17, 15) is 0 Å². The normalized spacial score (nSPS) is 23.1. The Morgan fingerprint density at radius 1 is 1.19 bits per heavy atom. The van der Waals surface area contributed by atoms with Gasteiger partial charge in [-0.25, -0.2) is 0 Å². The van der Waals surface area contributed by atoms with Crippen LogP contribution < -0.4 is 5.32 Å². The lowest BCUT2D eigenvalue weighted by Crippen LogP contribution is -2.22. The van der Waals surface area contributed by atoms with Gasteiger partial charge in [0.2, 0.25) is 0 Å². The van der Waals surface area contributed by atoms with Crippen LogP contribution in [-0.2, 0) is 0 Å². The van der Waals surface area contributed by atoms with E-state index in [2.05, 4.69) is 114 Å². The molecule has 1 aromatic rings. The number of rotatable bonds is 7. The van der Waals surface area contributed by atoms with E-state index in [-0.39, 0.29) is 11.5 Å². The van der Waals surface area contributed by atoms with Gasteiger partial charge in [-0.2, -0.15) is 0 Å². The molecule has 0 bridgehead atoms. The van der Waals surface area contributed by atoms with Crippen LogP contribution in [0.1, 0.15) is 72.1 Å². The molecular weight excluding hydrogens is 374 g/mol. The lowest BCUT2D eigenvalue weighted by Gasteiger charge is -2.32. The van der Waals surface area contributed by atoms with Gasteiger partial charge in [0.25, 0.3) is 0 Å². The van der Waals surface area contributed by atoms with Crippen molar-refractivity contribution < 1.29 is 0 Å². The van der Waals surface area contributed by atoms with Crippen molar-refractivity contribution in [2.24, 2.45) is 11.3 Å². The van der Waals surface area contributed by atoms with Crippen molar-refractivity contribution in [2.45, 2.75) is 60.9 Å². The van der Waals surface area contributed by atoms with Crippen molar-refractivity contribution in [3.63, 3.8) is 0 Å². The van der Waals surface area contributed by atoms with Crippen LogP contribution in [0.25, 0.3) is 5.57 Å². The fourth-order valence-electron chi connectivity index (χ4n) is 4.00. The maximum Gasteiger partial charge on any atom is 0.0506 e. The SMILES string of the molecule is C=CC(NCC(/C=C\C)=C/C)c1ccc(C2=CC/C(C)=C(/C)C(C)(C)C(C)C=C2)cc1. The molecule has 31 heavy (non-hydrogen) atoms. The Balaban J connectivity index is 2.24. The maximum atomic E-state index is 4.04. The second-order valence-electron chi connectivity index (χ2n) is 9.22. The average molecular weight is 416 g/mol. The van der Waals surface area contributed by atoms with Crippen LogP contribution in [0.2, 0.25) is 0 Å². The van der Waals surface area contributed by atoms with E-state index in [1.54, 1.807) is 0 Å². The van der Waals surface area contributed by atoms with E-state index >= 15 is 0 Å². The largest absolute Gasteiger partial charge is 0.303 e. The van der Waals surface area contributed by atoms with Crippen LogP contribution in [0.5, 0.6) is 0 Å². The number of benzene rings is 1. The highest BCUT2D eigenvalue weighted by atomic mass is 14.9. The molecule has 1 nitrogen and oxygen atoms in total. The Morgan fingerprint density at radius 2 is 1.87 bits per heavy atom. The van der Waals surface area contributed by atoms with Crippen LogP contribution >= 0.6 is 0 Å². The summed E-state index contributed by atoms with van der Waals surface area (Å²) >= 11 is 0. The van der Waals surface area contributed by atoms with Crippen molar-refractivity contribution in [1.82, 2.24) is 5.32 Å². The highest BCUT2D eigenvalue weighted by Crippen LogP contribution is 2.39. The first kappa shape index (κ1) is 24.9. The summed E-state index contributed by atoms with van der Waals surface area (Å²) in [5, 5.41) is 3.60. The molecule has 1 aliphatic rings. The van der Waals surface area contributed by atoms with Crippen LogP contribution in [0, 0.1) is 11.3 Å². The zero-order valence-electron chi connectivity index (χ0n) is 20.6. The molecule has 166 valence electrons. The zero-order chi connectivity index (χ0) is 23.0. The number of hydrogen-bond acceptors (Lipinski definition) is 1. The van der Waals surface area contributed by atoms with Gasteiger partial charge in [-0.1, -0.05) is 98.7 Å². The van der Waals surface area contributed by atoms with Gasteiger partial charge in [-0.05, 0) is 67.7 Å². The Labute approximate surface area is 191 Å². The average Bonchev–Trinajstić information content (AvgIpc) is 2.80. The molecule has 0 aliphatic heterocycles. The summed E-state index contributed by atoms with van der Waals surface area (Å²) < 4.78 is 0. The van der Waals surface area contributed by atoms with E-state index < -0.39 is 0 Å². The molecule has 0 heterocycles. The van der Waals surface area contributed by atoms with E-state index in [0.717, 1.165) is 13.0 Å². The second kappa shape index (κ2) is 11.3. The van der Waals surface area contributed by atoms with E-state index in [1.165, 1.54) is 33.4 Å². The monoisotopic (exact) mass is 415 g/mol. The Morgan fingerprint density at radius 3 is 2.45 bits per heavy atom. The predicted molar refractivity (Wildman–Crippen MR) is 139 cm³/mol. The molecule has 0 aromatic heterocycles. The molecule has 0 radical (unpaired) electrons. The van der Waals surface area contributed by atoms with Crippen LogP contribution in [0.15, 0.2) is 90.1 Å². The molecule has 1 N–H and O–H groups in total. The molecule has 0 saturated carbocycles. The van der Waals surface area contributed by atoms with Gasteiger partial charge in [0.15, 0.2) is 0 Å². The van der Waals surface area contributed by atoms with Crippen LogP contribution in [0.4, 0.5) is 0 Å². The van der Waals surface area contributed by atoms with Gasteiger partial charge < -0.3 is 5.32 Å². The fourth-order valence-corrected chi connectivity index (χ4v) is 4.00. The Hall–Kier alpha value is -2.38. The summed E-state index contributed by atoms with van der Waals surface area (Å²) in [6, 6.07) is 9.07.